The molecule has 1 aliphatic rings. The van der Waals surface area contributed by atoms with Crippen molar-refractivity contribution in [3.63, 3.8) is 0 Å². The van der Waals surface area contributed by atoms with Crippen molar-refractivity contribution in [3.8, 4) is 0 Å². The van der Waals surface area contributed by atoms with Crippen molar-refractivity contribution in [3.05, 3.63) is 84.4 Å². The Morgan fingerprint density at radius 1 is 1.16 bits per heavy atom. The van der Waals surface area contributed by atoms with E-state index in [1.54, 1.807) is 13.1 Å². The Kier molecular flexibility index (Phi) is 7.54. The van der Waals surface area contributed by atoms with Crippen LogP contribution in [0.2, 0.25) is 4.82 Å². The van der Waals surface area contributed by atoms with Crippen LogP contribution in [-0.2, 0) is 20.8 Å². The van der Waals surface area contributed by atoms with E-state index in [1.807, 2.05) is 24.3 Å². The van der Waals surface area contributed by atoms with Crippen LogP contribution < -0.4 is 4.46 Å². The molecule has 0 amide bonds. The molecule has 1 saturated heterocycles. The van der Waals surface area contributed by atoms with E-state index >= 15 is 0 Å². The van der Waals surface area contributed by atoms with Gasteiger partial charge < -0.3 is 0 Å². The summed E-state index contributed by atoms with van der Waals surface area (Å²) in [6.45, 7) is 3.21. The molecule has 6 nitrogen and oxygen atoms in total. The predicted octanol–water partition coefficient (Wildman–Crippen LogP) is 3.75. The molecule has 3 aromatic rings. The van der Waals surface area contributed by atoms with E-state index in [1.165, 1.54) is 15.4 Å². The Bertz CT molecular complexity index is 964. The number of nitrogens with zero attached hydrogens (tertiary/aromatic N) is 2. The maximum absolute atomic E-state index is 12.0. The molecule has 0 N–H and O–H groups in total. The summed E-state index contributed by atoms with van der Waals surface area (Å²) in [5.74, 6) is 0. The molecule has 2 heterocycles. The van der Waals surface area contributed by atoms with Crippen LogP contribution in [0.4, 0.5) is 4.79 Å². The van der Waals surface area contributed by atoms with Crippen molar-refractivity contribution in [2.24, 2.45) is 0 Å². The molecule has 1 fully saturated rings. The summed E-state index contributed by atoms with van der Waals surface area (Å²) < 4.78 is 20.1. The second-order valence-corrected chi connectivity index (χ2v) is 10.0. The fourth-order valence-corrected chi connectivity index (χ4v) is 6.28. The molecule has 162 valence electrons. The third kappa shape index (κ3) is 5.83. The van der Waals surface area contributed by atoms with Crippen molar-refractivity contribution in [1.29, 1.82) is 0 Å². The molecular weight excluding hydrogens is 459 g/mol. The Balaban J connectivity index is 1.44. The number of rotatable bonds is 8. The fourth-order valence-electron chi connectivity index (χ4n) is 3.55. The average Bonchev–Trinajstić information content (AvgIpc) is 3.43. The molecule has 0 unspecified atom stereocenters. The first kappa shape index (κ1) is 21.8. The number of hydrogen-bond donors (Lipinski definition) is 0. The minimum atomic E-state index is -0.424. The van der Waals surface area contributed by atoms with Gasteiger partial charge in [-0.25, -0.2) is 0 Å². The number of imidazole rings is 1. The SMILES string of the molecule is CCOC(=O)n1cnc([C@H]2O[C@@H](COCc3ccccc3)C[C@@H]2[Se]c2ccccc2)c1. The molecule has 0 radical (unpaired) electrons. The van der Waals surface area contributed by atoms with Gasteiger partial charge in [-0.2, -0.15) is 0 Å². The monoisotopic (exact) mass is 486 g/mol. The van der Waals surface area contributed by atoms with E-state index in [-0.39, 0.29) is 27.2 Å². The second kappa shape index (κ2) is 10.7. The summed E-state index contributed by atoms with van der Waals surface area (Å²) in [4.78, 5) is 16.8. The zero-order valence-corrected chi connectivity index (χ0v) is 19.1. The van der Waals surface area contributed by atoms with Crippen LogP contribution in [0.5, 0.6) is 0 Å². The second-order valence-electron chi connectivity index (χ2n) is 7.29. The standard InChI is InChI=1S/C24H26N2O4Se/c1-2-29-24(27)26-14-21(25-17-26)23-22(31-20-11-7-4-8-12-20)13-19(30-23)16-28-15-18-9-5-3-6-10-18/h3-12,14,17,19,22-23H,2,13,15-16H2,1H3/t19-,22+,23-/m1/s1. The van der Waals surface area contributed by atoms with E-state index in [9.17, 15) is 4.79 Å². The molecule has 2 aromatic carbocycles. The van der Waals surface area contributed by atoms with Gasteiger partial charge in [0.05, 0.1) is 0 Å². The molecule has 31 heavy (non-hydrogen) atoms. The van der Waals surface area contributed by atoms with Crippen molar-refractivity contribution in [1.82, 2.24) is 9.55 Å². The van der Waals surface area contributed by atoms with E-state index in [2.05, 4.69) is 41.4 Å². The molecule has 1 aliphatic heterocycles. The van der Waals surface area contributed by atoms with Gasteiger partial charge in [-0.3, -0.25) is 0 Å². The maximum atomic E-state index is 12.0. The molecule has 0 aliphatic carbocycles. The van der Waals surface area contributed by atoms with Gasteiger partial charge in [-0.05, 0) is 0 Å². The van der Waals surface area contributed by atoms with Crippen LogP contribution >= 0.6 is 0 Å². The molecule has 7 heteroatoms. The van der Waals surface area contributed by atoms with Crippen LogP contribution in [0.1, 0.15) is 30.7 Å². The van der Waals surface area contributed by atoms with Gasteiger partial charge in [0.25, 0.3) is 0 Å². The Morgan fingerprint density at radius 2 is 1.90 bits per heavy atom. The third-order valence-corrected chi connectivity index (χ3v) is 7.69. The van der Waals surface area contributed by atoms with Gasteiger partial charge in [-0.15, -0.1) is 0 Å². The van der Waals surface area contributed by atoms with Crippen molar-refractivity contribution in [2.45, 2.75) is 37.0 Å². The third-order valence-electron chi connectivity index (χ3n) is 4.99. The van der Waals surface area contributed by atoms with Gasteiger partial charge in [-0.1, -0.05) is 0 Å². The van der Waals surface area contributed by atoms with Crippen LogP contribution in [0, 0.1) is 0 Å². The zero-order valence-electron chi connectivity index (χ0n) is 17.4. The van der Waals surface area contributed by atoms with E-state index in [0.717, 1.165) is 17.7 Å². The molecule has 1 aromatic heterocycles. The summed E-state index contributed by atoms with van der Waals surface area (Å²) in [7, 11) is 0. The first-order chi connectivity index (χ1) is 15.2. The summed E-state index contributed by atoms with van der Waals surface area (Å²) in [5, 5.41) is 0. The minimum absolute atomic E-state index is 0.00274. The average molecular weight is 485 g/mol. The van der Waals surface area contributed by atoms with Crippen LogP contribution in [0.3, 0.4) is 0 Å². The molecule has 0 bridgehead atoms. The van der Waals surface area contributed by atoms with E-state index in [0.29, 0.717) is 24.6 Å². The van der Waals surface area contributed by atoms with Gasteiger partial charge in [0.1, 0.15) is 0 Å². The number of carbonyl (C=O) groups is 1. The summed E-state index contributed by atoms with van der Waals surface area (Å²) in [6, 6.07) is 20.6. The van der Waals surface area contributed by atoms with Crippen LogP contribution in [0.15, 0.2) is 73.2 Å². The number of aromatic nitrogens is 2. The molecular formula is C24H26N2O4Se. The Hall–Kier alpha value is -2.44. The Morgan fingerprint density at radius 3 is 2.65 bits per heavy atom. The summed E-state index contributed by atoms with van der Waals surface area (Å²) >= 11 is 0.216. The molecule has 3 atom stereocenters. The van der Waals surface area contributed by atoms with E-state index < -0.39 is 6.09 Å². The summed E-state index contributed by atoms with van der Waals surface area (Å²) in [5.41, 5.74) is 1.91. The quantitative estimate of drug-likeness (QED) is 0.455. The number of benzene rings is 2. The van der Waals surface area contributed by atoms with E-state index in [4.69, 9.17) is 14.2 Å². The fraction of sp³-hybridized carbons (Fsp3) is 0.333. The van der Waals surface area contributed by atoms with Gasteiger partial charge in [0.15, 0.2) is 0 Å². The van der Waals surface area contributed by atoms with Crippen LogP contribution in [-0.4, -0.2) is 49.9 Å². The first-order valence-electron chi connectivity index (χ1n) is 10.4. The van der Waals surface area contributed by atoms with Crippen LogP contribution in [0.25, 0.3) is 0 Å². The zero-order chi connectivity index (χ0) is 21.5. The molecule has 0 spiro atoms. The molecule has 0 saturated carbocycles. The number of hydrogen-bond acceptors (Lipinski definition) is 5. The van der Waals surface area contributed by atoms with Gasteiger partial charge in [0, 0.05) is 0 Å². The van der Waals surface area contributed by atoms with Crippen molar-refractivity contribution < 1.29 is 19.0 Å². The van der Waals surface area contributed by atoms with Gasteiger partial charge in [0.2, 0.25) is 0 Å². The van der Waals surface area contributed by atoms with Gasteiger partial charge >= 0.3 is 189 Å². The normalized spacial score (nSPS) is 20.6. The number of carbonyl (C=O) groups excluding carboxylic acids is 1. The topological polar surface area (TPSA) is 62.6 Å². The van der Waals surface area contributed by atoms with Crippen molar-refractivity contribution in [2.75, 3.05) is 13.2 Å². The first-order valence-corrected chi connectivity index (χ1v) is 12.3. The van der Waals surface area contributed by atoms with Crippen molar-refractivity contribution >= 4 is 25.5 Å². The summed E-state index contributed by atoms with van der Waals surface area (Å²) in [6.07, 6.45) is 3.54. The molecule has 4 rings (SSSR count). The Labute approximate surface area is 188 Å². The number of ether oxygens (including phenoxy) is 3. The predicted molar refractivity (Wildman–Crippen MR) is 119 cm³/mol.